The van der Waals surface area contributed by atoms with Crippen molar-refractivity contribution >= 4 is 46.3 Å². The lowest BCUT2D eigenvalue weighted by Crippen LogP contribution is -2.29. The van der Waals surface area contributed by atoms with Crippen LogP contribution in [0.1, 0.15) is 42.5 Å². The molecular formula is C27H22Cl2FNO4. The van der Waals surface area contributed by atoms with Crippen molar-refractivity contribution in [1.82, 2.24) is 0 Å². The van der Waals surface area contributed by atoms with E-state index in [4.69, 9.17) is 27.9 Å². The molecule has 5 nitrogen and oxygen atoms in total. The number of carbonyl (C=O) groups is 2. The van der Waals surface area contributed by atoms with Crippen molar-refractivity contribution in [3.63, 3.8) is 0 Å². The highest BCUT2D eigenvalue weighted by atomic mass is 35.5. The number of ketones is 1. The van der Waals surface area contributed by atoms with Crippen molar-refractivity contribution < 1.29 is 23.8 Å². The highest BCUT2D eigenvalue weighted by Crippen LogP contribution is 2.44. The molecule has 1 aliphatic heterocycles. The largest absolute Gasteiger partial charge is 0.507 e. The van der Waals surface area contributed by atoms with Crippen LogP contribution in [-0.4, -0.2) is 23.9 Å². The third-order valence-electron chi connectivity index (χ3n) is 5.93. The van der Waals surface area contributed by atoms with Crippen LogP contribution < -0.4 is 9.64 Å². The van der Waals surface area contributed by atoms with Crippen LogP contribution in [0.25, 0.3) is 5.76 Å². The SMILES string of the molecule is COc1ccc(/C(O)=C2/C(=O)C(=O)N(c3ccc(F)cc3)C2c2ccc(Cl)c(Cl)c2)cc1C(C)C. The number of benzene rings is 3. The van der Waals surface area contributed by atoms with E-state index >= 15 is 0 Å². The normalized spacial score (nSPS) is 17.3. The number of aliphatic hydroxyl groups excluding tert-OH is 1. The average molecular weight is 514 g/mol. The second-order valence-electron chi connectivity index (χ2n) is 8.43. The molecule has 1 N–H and O–H groups in total. The first-order valence-electron chi connectivity index (χ1n) is 10.8. The second-order valence-corrected chi connectivity index (χ2v) is 9.24. The summed E-state index contributed by atoms with van der Waals surface area (Å²) in [6.07, 6.45) is 0. The van der Waals surface area contributed by atoms with Gasteiger partial charge in [-0.15, -0.1) is 0 Å². The second kappa shape index (κ2) is 9.72. The molecule has 8 heteroatoms. The molecule has 3 aromatic rings. The van der Waals surface area contributed by atoms with Gasteiger partial charge in [-0.2, -0.15) is 0 Å². The Kier molecular flexibility index (Phi) is 6.88. The minimum Gasteiger partial charge on any atom is -0.507 e. The van der Waals surface area contributed by atoms with Gasteiger partial charge < -0.3 is 9.84 Å². The molecule has 0 radical (unpaired) electrons. The number of Topliss-reactive ketones (excluding diaryl/α,β-unsaturated/α-hetero) is 1. The number of hydrogen-bond acceptors (Lipinski definition) is 4. The van der Waals surface area contributed by atoms with Crippen molar-refractivity contribution in [3.05, 3.63) is 98.8 Å². The maximum atomic E-state index is 13.6. The summed E-state index contributed by atoms with van der Waals surface area (Å²) in [5.74, 6) is -1.84. The van der Waals surface area contributed by atoms with E-state index in [2.05, 4.69) is 0 Å². The maximum Gasteiger partial charge on any atom is 0.300 e. The number of hydrogen-bond donors (Lipinski definition) is 1. The van der Waals surface area contributed by atoms with E-state index in [1.807, 2.05) is 13.8 Å². The lowest BCUT2D eigenvalue weighted by atomic mass is 9.93. The van der Waals surface area contributed by atoms with Gasteiger partial charge in [0.2, 0.25) is 0 Å². The molecular weight excluding hydrogens is 492 g/mol. The van der Waals surface area contributed by atoms with Crippen molar-refractivity contribution in [2.45, 2.75) is 25.8 Å². The molecule has 1 amide bonds. The Bertz CT molecular complexity index is 1350. The van der Waals surface area contributed by atoms with Crippen LogP contribution in [0.5, 0.6) is 5.75 Å². The van der Waals surface area contributed by atoms with Gasteiger partial charge >= 0.3 is 0 Å². The first-order chi connectivity index (χ1) is 16.6. The fraction of sp³-hybridized carbons (Fsp3) is 0.185. The molecule has 1 heterocycles. The summed E-state index contributed by atoms with van der Waals surface area (Å²) < 4.78 is 19.0. The Hall–Kier alpha value is -3.35. The fourth-order valence-corrected chi connectivity index (χ4v) is 4.49. The summed E-state index contributed by atoms with van der Waals surface area (Å²) in [7, 11) is 1.55. The standard InChI is InChI=1S/C27H22Cl2FNO4/c1-14(2)19-12-16(5-11-22(19)35-3)25(32)23-24(15-4-10-20(28)21(29)13-15)31(27(34)26(23)33)18-8-6-17(30)7-9-18/h4-14,24,32H,1-3H3/b25-23-. The molecule has 180 valence electrons. The topological polar surface area (TPSA) is 66.8 Å². The first-order valence-corrected chi connectivity index (χ1v) is 11.6. The molecule has 3 aromatic carbocycles. The number of rotatable bonds is 5. The highest BCUT2D eigenvalue weighted by Gasteiger charge is 2.47. The van der Waals surface area contributed by atoms with Gasteiger partial charge in [0, 0.05) is 11.3 Å². The number of amides is 1. The van der Waals surface area contributed by atoms with Crippen LogP contribution in [0, 0.1) is 5.82 Å². The van der Waals surface area contributed by atoms with E-state index in [9.17, 15) is 19.1 Å². The minimum atomic E-state index is -1.01. The van der Waals surface area contributed by atoms with Gasteiger partial charge in [-0.1, -0.05) is 43.1 Å². The predicted octanol–water partition coefficient (Wildman–Crippen LogP) is 6.89. The van der Waals surface area contributed by atoms with Crippen molar-refractivity contribution in [3.8, 4) is 5.75 Å². The van der Waals surface area contributed by atoms with E-state index < -0.39 is 23.5 Å². The summed E-state index contributed by atoms with van der Waals surface area (Å²) in [6.45, 7) is 3.95. The molecule has 1 fully saturated rings. The lowest BCUT2D eigenvalue weighted by Gasteiger charge is -2.26. The number of aliphatic hydroxyl groups is 1. The Morgan fingerprint density at radius 1 is 1.00 bits per heavy atom. The molecule has 35 heavy (non-hydrogen) atoms. The Labute approximate surface area is 212 Å². The zero-order chi connectivity index (χ0) is 25.4. The molecule has 0 saturated carbocycles. The van der Waals surface area contributed by atoms with Crippen molar-refractivity contribution in [1.29, 1.82) is 0 Å². The molecule has 0 aliphatic carbocycles. The Morgan fingerprint density at radius 3 is 2.29 bits per heavy atom. The number of ether oxygens (including phenoxy) is 1. The van der Waals surface area contributed by atoms with E-state index in [1.165, 1.54) is 35.2 Å². The fourth-order valence-electron chi connectivity index (χ4n) is 4.19. The smallest absolute Gasteiger partial charge is 0.300 e. The molecule has 0 bridgehead atoms. The summed E-state index contributed by atoms with van der Waals surface area (Å²) >= 11 is 12.3. The Morgan fingerprint density at radius 2 is 1.69 bits per heavy atom. The number of anilines is 1. The van der Waals surface area contributed by atoms with Gasteiger partial charge in [0.1, 0.15) is 17.3 Å². The molecule has 1 unspecified atom stereocenters. The summed E-state index contributed by atoms with van der Waals surface area (Å²) in [5.41, 5.74) is 1.83. The van der Waals surface area contributed by atoms with Crippen LogP contribution in [0.4, 0.5) is 10.1 Å². The van der Waals surface area contributed by atoms with E-state index in [0.717, 1.165) is 5.56 Å². The molecule has 1 atom stereocenters. The first kappa shape index (κ1) is 24.8. The van der Waals surface area contributed by atoms with E-state index in [1.54, 1.807) is 37.4 Å². The summed E-state index contributed by atoms with van der Waals surface area (Å²) in [5, 5.41) is 11.9. The van der Waals surface area contributed by atoms with Gasteiger partial charge in [0.05, 0.1) is 28.8 Å². The number of carbonyl (C=O) groups excluding carboxylic acids is 2. The predicted molar refractivity (Wildman–Crippen MR) is 135 cm³/mol. The third kappa shape index (κ3) is 4.51. The monoisotopic (exact) mass is 513 g/mol. The van der Waals surface area contributed by atoms with Gasteiger partial charge in [-0.3, -0.25) is 14.5 Å². The van der Waals surface area contributed by atoms with E-state index in [0.29, 0.717) is 27.6 Å². The number of methoxy groups -OCH3 is 1. The highest BCUT2D eigenvalue weighted by molar-refractivity contribution is 6.51. The molecule has 4 rings (SSSR count). The zero-order valence-electron chi connectivity index (χ0n) is 19.2. The van der Waals surface area contributed by atoms with Crippen molar-refractivity contribution in [2.24, 2.45) is 0 Å². The molecule has 1 saturated heterocycles. The Balaban J connectivity index is 1.96. The maximum absolute atomic E-state index is 13.6. The van der Waals surface area contributed by atoms with Crippen molar-refractivity contribution in [2.75, 3.05) is 12.0 Å². The molecule has 0 spiro atoms. The van der Waals surface area contributed by atoms with Gasteiger partial charge in [-0.05, 0) is 71.6 Å². The molecule has 0 aromatic heterocycles. The van der Waals surface area contributed by atoms with Gasteiger partial charge in [0.15, 0.2) is 0 Å². The van der Waals surface area contributed by atoms with Crippen LogP contribution >= 0.6 is 23.2 Å². The van der Waals surface area contributed by atoms with Gasteiger partial charge in [0.25, 0.3) is 11.7 Å². The van der Waals surface area contributed by atoms with Gasteiger partial charge in [-0.25, -0.2) is 4.39 Å². The minimum absolute atomic E-state index is 0.0743. The molecule has 1 aliphatic rings. The quantitative estimate of drug-likeness (QED) is 0.229. The number of nitrogens with zero attached hydrogens (tertiary/aromatic N) is 1. The van der Waals surface area contributed by atoms with Crippen LogP contribution in [0.2, 0.25) is 10.0 Å². The van der Waals surface area contributed by atoms with Crippen LogP contribution in [-0.2, 0) is 9.59 Å². The number of halogens is 3. The zero-order valence-corrected chi connectivity index (χ0v) is 20.7. The van der Waals surface area contributed by atoms with E-state index in [-0.39, 0.29) is 22.3 Å². The lowest BCUT2D eigenvalue weighted by molar-refractivity contribution is -0.132. The van der Waals surface area contributed by atoms with Crippen LogP contribution in [0.15, 0.2) is 66.2 Å². The van der Waals surface area contributed by atoms with Crippen LogP contribution in [0.3, 0.4) is 0 Å². The average Bonchev–Trinajstić information content (AvgIpc) is 3.10. The summed E-state index contributed by atoms with van der Waals surface area (Å²) in [6, 6.07) is 13.9. The third-order valence-corrected chi connectivity index (χ3v) is 6.67. The summed E-state index contributed by atoms with van der Waals surface area (Å²) in [4.78, 5) is 27.7.